The number of hydrogen-bond donors (Lipinski definition) is 2. The van der Waals surface area contributed by atoms with Gasteiger partial charge in [-0.05, 0) is 43.9 Å². The maximum atomic E-state index is 13.5. The fraction of sp³-hybridized carbons (Fsp3) is 0.667. The minimum absolute atomic E-state index is 0.0285. The lowest BCUT2D eigenvalue weighted by atomic mass is 9.94. The van der Waals surface area contributed by atoms with Gasteiger partial charge in [0.15, 0.2) is 11.5 Å². The van der Waals surface area contributed by atoms with Crippen LogP contribution in [0.1, 0.15) is 55.3 Å². The van der Waals surface area contributed by atoms with E-state index in [1.54, 1.807) is 23.1 Å². The number of nitrogens with one attached hydrogen (secondary N) is 1. The van der Waals surface area contributed by atoms with Gasteiger partial charge >= 0.3 is 0 Å². The lowest BCUT2D eigenvalue weighted by Crippen LogP contribution is -2.57. The highest BCUT2D eigenvalue weighted by atomic mass is 16.7. The molecule has 1 saturated carbocycles. The lowest BCUT2D eigenvalue weighted by molar-refractivity contribution is -0.151. The van der Waals surface area contributed by atoms with E-state index in [9.17, 15) is 14.7 Å². The maximum Gasteiger partial charge on any atom is 0.254 e. The standard InChI is InChI=1S/C24H32N2O7/c27-17-11-26(24(29)15-5-8-20-21(9-15)32-14-31-20)19-7-6-18(33-22(19)13-30-12-17)10-23(28)25-16-3-1-2-4-16/h5,8-9,16-19,22,27H,1-4,6-7,10-14H2,(H,25,28)/t17-,18+,19-,22+/m1/s1. The number of hydrogen-bond acceptors (Lipinski definition) is 7. The van der Waals surface area contributed by atoms with E-state index in [1.807, 2.05) is 0 Å². The molecule has 33 heavy (non-hydrogen) atoms. The summed E-state index contributed by atoms with van der Waals surface area (Å²) >= 11 is 0. The zero-order valence-electron chi connectivity index (χ0n) is 18.7. The average molecular weight is 461 g/mol. The average Bonchev–Trinajstić information content (AvgIpc) is 3.47. The summed E-state index contributed by atoms with van der Waals surface area (Å²) in [5, 5.41) is 13.5. The van der Waals surface area contributed by atoms with Crippen molar-refractivity contribution in [2.24, 2.45) is 0 Å². The van der Waals surface area contributed by atoms with Crippen LogP contribution in [0.25, 0.3) is 0 Å². The number of carbonyl (C=O) groups excluding carboxylic acids is 2. The molecule has 3 fully saturated rings. The predicted octanol–water partition coefficient (Wildman–Crippen LogP) is 1.61. The first-order valence-electron chi connectivity index (χ1n) is 12.0. The van der Waals surface area contributed by atoms with Gasteiger partial charge in [0.1, 0.15) is 6.10 Å². The number of ether oxygens (including phenoxy) is 4. The number of benzene rings is 1. The van der Waals surface area contributed by atoms with E-state index < -0.39 is 6.10 Å². The molecular formula is C24H32N2O7. The van der Waals surface area contributed by atoms with E-state index >= 15 is 0 Å². The summed E-state index contributed by atoms with van der Waals surface area (Å²) in [6.45, 7) is 0.698. The van der Waals surface area contributed by atoms with Crippen molar-refractivity contribution in [2.45, 2.75) is 75.3 Å². The van der Waals surface area contributed by atoms with Gasteiger partial charge in [-0.3, -0.25) is 9.59 Å². The number of aliphatic hydroxyl groups excluding tert-OH is 1. The molecule has 4 atom stereocenters. The van der Waals surface area contributed by atoms with Gasteiger partial charge < -0.3 is 34.3 Å². The van der Waals surface area contributed by atoms with Gasteiger partial charge in [0.2, 0.25) is 12.7 Å². The normalized spacial score (nSPS) is 29.8. The minimum Gasteiger partial charge on any atom is -0.454 e. The SMILES string of the molecule is O=C(C[C@@H]1CC[C@@H]2[C@H](COC[C@H](O)CN2C(=O)c2ccc3c(c2)OCO3)O1)NC1CCCC1. The van der Waals surface area contributed by atoms with E-state index in [0.717, 1.165) is 12.8 Å². The molecule has 2 N–H and O–H groups in total. The van der Waals surface area contributed by atoms with E-state index in [2.05, 4.69) is 5.32 Å². The Kier molecular flexibility index (Phi) is 6.71. The van der Waals surface area contributed by atoms with Crippen molar-refractivity contribution in [2.75, 3.05) is 26.6 Å². The van der Waals surface area contributed by atoms with E-state index in [0.29, 0.717) is 36.3 Å². The van der Waals surface area contributed by atoms with Crippen molar-refractivity contribution in [3.05, 3.63) is 23.8 Å². The Labute approximate surface area is 193 Å². The first-order valence-corrected chi connectivity index (χ1v) is 12.0. The minimum atomic E-state index is -0.779. The second-order valence-electron chi connectivity index (χ2n) is 9.41. The number of β-amino-alcohol motifs (C(OH)–C–C–N with tert-alkyl or cyclic N) is 1. The fourth-order valence-electron chi connectivity index (χ4n) is 5.33. The Balaban J connectivity index is 1.27. The van der Waals surface area contributed by atoms with Crippen LogP contribution >= 0.6 is 0 Å². The number of amides is 2. The molecule has 0 aromatic heterocycles. The highest BCUT2D eigenvalue weighted by molar-refractivity contribution is 5.95. The summed E-state index contributed by atoms with van der Waals surface area (Å²) in [6.07, 6.45) is 4.77. The van der Waals surface area contributed by atoms with Gasteiger partial charge in [0, 0.05) is 18.2 Å². The molecule has 1 aromatic rings. The molecule has 9 nitrogen and oxygen atoms in total. The molecule has 9 heteroatoms. The smallest absolute Gasteiger partial charge is 0.254 e. The molecule has 0 radical (unpaired) electrons. The summed E-state index contributed by atoms with van der Waals surface area (Å²) in [5.41, 5.74) is 0.477. The predicted molar refractivity (Wildman–Crippen MR) is 117 cm³/mol. The van der Waals surface area contributed by atoms with Gasteiger partial charge in [-0.25, -0.2) is 0 Å². The molecule has 1 aromatic carbocycles. The van der Waals surface area contributed by atoms with Gasteiger partial charge in [-0.2, -0.15) is 0 Å². The molecule has 0 spiro atoms. The highest BCUT2D eigenvalue weighted by Crippen LogP contribution is 2.34. The van der Waals surface area contributed by atoms with E-state index in [1.165, 1.54) is 12.8 Å². The summed E-state index contributed by atoms with van der Waals surface area (Å²) in [7, 11) is 0. The fourth-order valence-corrected chi connectivity index (χ4v) is 5.33. The van der Waals surface area contributed by atoms with Gasteiger partial charge in [0.05, 0.1) is 37.9 Å². The second-order valence-corrected chi connectivity index (χ2v) is 9.41. The second kappa shape index (κ2) is 9.87. The quantitative estimate of drug-likeness (QED) is 0.703. The van der Waals surface area contributed by atoms with Crippen molar-refractivity contribution >= 4 is 11.8 Å². The molecule has 0 unspecified atom stereocenters. The first kappa shape index (κ1) is 22.4. The lowest BCUT2D eigenvalue weighted by Gasteiger charge is -2.44. The van der Waals surface area contributed by atoms with Crippen LogP contribution in [-0.2, 0) is 14.3 Å². The molecule has 2 saturated heterocycles. The van der Waals surface area contributed by atoms with Gasteiger partial charge in [-0.1, -0.05) is 12.8 Å². The number of nitrogens with zero attached hydrogens (tertiary/aromatic N) is 1. The Morgan fingerprint density at radius 2 is 1.88 bits per heavy atom. The van der Waals surface area contributed by atoms with Gasteiger partial charge in [0.25, 0.3) is 5.91 Å². The van der Waals surface area contributed by atoms with Crippen LogP contribution in [0.15, 0.2) is 18.2 Å². The number of carbonyl (C=O) groups is 2. The van der Waals surface area contributed by atoms with Crippen molar-refractivity contribution in [1.82, 2.24) is 10.2 Å². The monoisotopic (exact) mass is 460 g/mol. The zero-order chi connectivity index (χ0) is 22.8. The molecule has 5 rings (SSSR count). The number of fused-ring (bicyclic) bond motifs is 2. The van der Waals surface area contributed by atoms with Crippen molar-refractivity contribution < 1.29 is 33.6 Å². The third kappa shape index (κ3) is 5.10. The van der Waals surface area contributed by atoms with Crippen LogP contribution in [0.3, 0.4) is 0 Å². The summed E-state index contributed by atoms with van der Waals surface area (Å²) in [6, 6.07) is 5.17. The van der Waals surface area contributed by atoms with E-state index in [-0.39, 0.29) is 62.7 Å². The molecule has 180 valence electrons. The van der Waals surface area contributed by atoms with Crippen LogP contribution < -0.4 is 14.8 Å². The van der Waals surface area contributed by atoms with Crippen LogP contribution in [-0.4, -0.2) is 78.8 Å². The van der Waals surface area contributed by atoms with Crippen molar-refractivity contribution in [1.29, 1.82) is 0 Å². The topological polar surface area (TPSA) is 107 Å². The summed E-state index contributed by atoms with van der Waals surface area (Å²) < 4.78 is 22.7. The molecular weight excluding hydrogens is 428 g/mol. The van der Waals surface area contributed by atoms with Crippen LogP contribution in [0, 0.1) is 0 Å². The molecule has 3 heterocycles. The molecule has 2 amide bonds. The van der Waals surface area contributed by atoms with Crippen molar-refractivity contribution in [3.63, 3.8) is 0 Å². The Morgan fingerprint density at radius 3 is 2.73 bits per heavy atom. The number of rotatable bonds is 4. The molecule has 1 aliphatic carbocycles. The Morgan fingerprint density at radius 1 is 1.06 bits per heavy atom. The van der Waals surface area contributed by atoms with Gasteiger partial charge in [-0.15, -0.1) is 0 Å². The number of aliphatic hydroxyl groups is 1. The Hall–Kier alpha value is -2.36. The molecule has 4 aliphatic rings. The molecule has 0 bridgehead atoms. The molecule has 3 aliphatic heterocycles. The van der Waals surface area contributed by atoms with E-state index in [4.69, 9.17) is 18.9 Å². The van der Waals surface area contributed by atoms with Crippen LogP contribution in [0.5, 0.6) is 11.5 Å². The largest absolute Gasteiger partial charge is 0.454 e. The zero-order valence-corrected chi connectivity index (χ0v) is 18.7. The maximum absolute atomic E-state index is 13.5. The van der Waals surface area contributed by atoms with Crippen LogP contribution in [0.2, 0.25) is 0 Å². The van der Waals surface area contributed by atoms with Crippen LogP contribution in [0.4, 0.5) is 0 Å². The summed E-state index contributed by atoms with van der Waals surface area (Å²) in [5.74, 6) is 0.998. The highest BCUT2D eigenvalue weighted by Gasteiger charge is 2.40. The van der Waals surface area contributed by atoms with Crippen molar-refractivity contribution in [3.8, 4) is 11.5 Å². The Bertz CT molecular complexity index is 872. The third-order valence-corrected chi connectivity index (χ3v) is 6.99. The summed E-state index contributed by atoms with van der Waals surface area (Å²) in [4.78, 5) is 27.7. The first-order chi connectivity index (χ1) is 16.1. The third-order valence-electron chi connectivity index (χ3n) is 6.99.